The number of pyridine rings is 2. The summed E-state index contributed by atoms with van der Waals surface area (Å²) >= 11 is 6.27. The molecule has 42 heavy (non-hydrogen) atoms. The highest BCUT2D eigenvalue weighted by Crippen LogP contribution is 2.36. The van der Waals surface area contributed by atoms with Crippen molar-refractivity contribution >= 4 is 39.1 Å². The van der Waals surface area contributed by atoms with Crippen LogP contribution in [0.25, 0.3) is 33.3 Å². The van der Waals surface area contributed by atoms with Gasteiger partial charge in [-0.1, -0.05) is 17.7 Å². The molecule has 1 N–H and O–H groups in total. The first-order valence-corrected chi connectivity index (χ1v) is 14.8. The van der Waals surface area contributed by atoms with Crippen molar-refractivity contribution < 1.29 is 4.74 Å². The third kappa shape index (κ3) is 4.56. The van der Waals surface area contributed by atoms with Gasteiger partial charge in [0.05, 0.1) is 37.2 Å². The molecule has 1 atom stereocenters. The number of hydrogen-bond donors (Lipinski definition) is 1. The Kier molecular flexibility index (Phi) is 6.75. The van der Waals surface area contributed by atoms with Crippen molar-refractivity contribution in [2.24, 2.45) is 14.1 Å². The molecule has 6 heterocycles. The summed E-state index contributed by atoms with van der Waals surface area (Å²) in [6.07, 6.45) is 5.55. The molecular formula is C30H34ClN9O2. The van der Waals surface area contributed by atoms with Crippen LogP contribution in [-0.2, 0) is 18.8 Å². The van der Waals surface area contributed by atoms with Gasteiger partial charge < -0.3 is 10.1 Å². The first kappa shape index (κ1) is 27.1. The lowest BCUT2D eigenvalue weighted by Gasteiger charge is -2.41. The van der Waals surface area contributed by atoms with E-state index in [1.165, 1.54) is 0 Å². The number of fused-ring (bicyclic) bond motifs is 3. The molecule has 0 amide bonds. The molecule has 2 saturated heterocycles. The van der Waals surface area contributed by atoms with Crippen molar-refractivity contribution in [2.45, 2.75) is 44.8 Å². The van der Waals surface area contributed by atoms with Crippen molar-refractivity contribution in [3.63, 3.8) is 0 Å². The number of aryl methyl sites for hydroxylation is 3. The van der Waals surface area contributed by atoms with Gasteiger partial charge in [-0.2, -0.15) is 5.10 Å². The molecule has 2 fully saturated rings. The molecule has 5 aromatic rings. The second-order valence-corrected chi connectivity index (χ2v) is 12.0. The number of ether oxygens (including phenoxy) is 1. The van der Waals surface area contributed by atoms with Crippen LogP contribution in [-0.4, -0.2) is 71.3 Å². The topological polar surface area (TPSA) is 108 Å². The zero-order valence-electron chi connectivity index (χ0n) is 24.2. The SMILES string of the molecule is Cc1cc(C(C)Nc2ccc(Cl)nc2-c2ncn(C)n2)c2c(c1)c(=O)n(C)c1c2cnn1C1CCN(C2COC2)CC1. The average molecular weight is 588 g/mol. The molecule has 0 spiro atoms. The van der Waals surface area contributed by atoms with Crippen molar-refractivity contribution in [1.29, 1.82) is 0 Å². The van der Waals surface area contributed by atoms with E-state index in [9.17, 15) is 4.79 Å². The minimum absolute atomic E-state index is 0.0213. The molecule has 7 rings (SSSR count). The van der Waals surface area contributed by atoms with Gasteiger partial charge in [0.15, 0.2) is 0 Å². The quantitative estimate of drug-likeness (QED) is 0.294. The third-order valence-electron chi connectivity index (χ3n) is 8.70. The Labute approximate surface area is 248 Å². The number of benzene rings is 1. The number of anilines is 1. The first-order valence-electron chi connectivity index (χ1n) is 14.4. The highest BCUT2D eigenvalue weighted by Gasteiger charge is 2.31. The van der Waals surface area contributed by atoms with E-state index in [0.29, 0.717) is 28.1 Å². The molecule has 11 nitrogen and oxygen atoms in total. The molecule has 0 radical (unpaired) electrons. The zero-order chi connectivity index (χ0) is 29.1. The largest absolute Gasteiger partial charge is 0.378 e. The number of nitrogens with one attached hydrogen (secondary N) is 1. The fourth-order valence-corrected chi connectivity index (χ4v) is 6.59. The normalized spacial score (nSPS) is 17.6. The molecule has 0 bridgehead atoms. The molecular weight excluding hydrogens is 554 g/mol. The molecule has 0 saturated carbocycles. The van der Waals surface area contributed by atoms with E-state index in [0.717, 1.165) is 72.4 Å². The van der Waals surface area contributed by atoms with Crippen molar-refractivity contribution in [3.05, 3.63) is 63.4 Å². The fourth-order valence-electron chi connectivity index (χ4n) is 6.45. The molecule has 4 aromatic heterocycles. The van der Waals surface area contributed by atoms with E-state index >= 15 is 0 Å². The Bertz CT molecular complexity index is 1860. The number of likely N-dealkylation sites (tertiary alicyclic amines) is 1. The monoisotopic (exact) mass is 587 g/mol. The van der Waals surface area contributed by atoms with Crippen molar-refractivity contribution in [3.8, 4) is 11.5 Å². The van der Waals surface area contributed by atoms with Crippen LogP contribution in [0.1, 0.15) is 43.0 Å². The number of aromatic nitrogens is 7. The van der Waals surface area contributed by atoms with Crippen LogP contribution >= 0.6 is 11.6 Å². The van der Waals surface area contributed by atoms with E-state index in [1.54, 1.807) is 21.6 Å². The van der Waals surface area contributed by atoms with E-state index < -0.39 is 0 Å². The molecule has 12 heteroatoms. The second kappa shape index (κ2) is 10.5. The highest BCUT2D eigenvalue weighted by atomic mass is 35.5. The molecule has 1 aromatic carbocycles. The zero-order valence-corrected chi connectivity index (χ0v) is 25.0. The van der Waals surface area contributed by atoms with E-state index in [4.69, 9.17) is 21.4 Å². The number of hydrogen-bond acceptors (Lipinski definition) is 8. The standard InChI is InChI=1S/C30H34ClN9O2/c1-17-11-21(18(2)34-24-5-6-25(31)35-27(24)28-32-16-37(3)36-28)26-22(12-17)30(41)38(4)29-23(26)13-33-40(29)19-7-9-39(10-8-19)20-14-42-15-20/h5-6,11-13,16,18-20,34H,7-10,14-15H2,1-4H3. The Morgan fingerprint density at radius 1 is 1.10 bits per heavy atom. The number of piperidine rings is 1. The van der Waals surface area contributed by atoms with Crippen LogP contribution < -0.4 is 10.9 Å². The van der Waals surface area contributed by atoms with Crippen molar-refractivity contribution in [2.75, 3.05) is 31.6 Å². The predicted molar refractivity (Wildman–Crippen MR) is 163 cm³/mol. The maximum atomic E-state index is 13.9. The highest BCUT2D eigenvalue weighted by molar-refractivity contribution is 6.29. The third-order valence-corrected chi connectivity index (χ3v) is 8.91. The minimum Gasteiger partial charge on any atom is -0.378 e. The predicted octanol–water partition coefficient (Wildman–Crippen LogP) is 4.25. The number of nitrogens with zero attached hydrogens (tertiary/aromatic N) is 8. The summed E-state index contributed by atoms with van der Waals surface area (Å²) in [5, 5.41) is 15.9. The van der Waals surface area contributed by atoms with E-state index in [2.05, 4.69) is 43.0 Å². The van der Waals surface area contributed by atoms with Gasteiger partial charge in [0, 0.05) is 49.4 Å². The van der Waals surface area contributed by atoms with Crippen LogP contribution in [0.15, 0.2) is 41.6 Å². The summed E-state index contributed by atoms with van der Waals surface area (Å²) < 4.78 is 10.9. The lowest BCUT2D eigenvalue weighted by atomic mass is 9.95. The molecule has 218 valence electrons. The second-order valence-electron chi connectivity index (χ2n) is 11.6. The maximum absolute atomic E-state index is 13.9. The van der Waals surface area contributed by atoms with Crippen LogP contribution in [0.5, 0.6) is 0 Å². The summed E-state index contributed by atoms with van der Waals surface area (Å²) in [4.78, 5) is 25.3. The van der Waals surface area contributed by atoms with E-state index in [-0.39, 0.29) is 17.6 Å². The van der Waals surface area contributed by atoms with E-state index in [1.807, 2.05) is 39.3 Å². The van der Waals surface area contributed by atoms with Crippen LogP contribution in [0.2, 0.25) is 5.15 Å². The smallest absolute Gasteiger partial charge is 0.259 e. The summed E-state index contributed by atoms with van der Waals surface area (Å²) in [5.74, 6) is 0.484. The lowest BCUT2D eigenvalue weighted by Crippen LogP contribution is -2.52. The lowest BCUT2D eigenvalue weighted by molar-refractivity contribution is -0.0733. The Hall–Kier alpha value is -3.80. The van der Waals surface area contributed by atoms with Crippen molar-refractivity contribution in [1.82, 2.24) is 39.0 Å². The van der Waals surface area contributed by atoms with Crippen LogP contribution in [0, 0.1) is 6.92 Å². The Morgan fingerprint density at radius 3 is 2.57 bits per heavy atom. The summed E-state index contributed by atoms with van der Waals surface area (Å²) in [6, 6.07) is 8.38. The number of rotatable bonds is 6. The van der Waals surface area contributed by atoms with Gasteiger partial charge in [0.25, 0.3) is 5.56 Å². The van der Waals surface area contributed by atoms with Gasteiger partial charge in [-0.05, 0) is 56.0 Å². The molecule has 1 unspecified atom stereocenters. The van der Waals surface area contributed by atoms with Gasteiger partial charge >= 0.3 is 0 Å². The average Bonchev–Trinajstić information content (AvgIpc) is 3.58. The van der Waals surface area contributed by atoms with Gasteiger partial charge in [-0.25, -0.2) is 14.6 Å². The molecule has 2 aliphatic heterocycles. The Balaban J connectivity index is 1.30. The summed E-state index contributed by atoms with van der Waals surface area (Å²) in [6.45, 7) is 7.79. The van der Waals surface area contributed by atoms with Crippen LogP contribution in [0.4, 0.5) is 5.69 Å². The maximum Gasteiger partial charge on any atom is 0.259 e. The summed E-state index contributed by atoms with van der Waals surface area (Å²) in [7, 11) is 3.67. The van der Waals surface area contributed by atoms with Gasteiger partial charge in [-0.3, -0.25) is 18.9 Å². The van der Waals surface area contributed by atoms with Gasteiger partial charge in [0.2, 0.25) is 5.82 Å². The summed E-state index contributed by atoms with van der Waals surface area (Å²) in [5.41, 5.74) is 4.20. The van der Waals surface area contributed by atoms with Gasteiger partial charge in [0.1, 0.15) is 22.8 Å². The molecule has 0 aliphatic carbocycles. The fraction of sp³-hybridized carbons (Fsp3) is 0.433. The minimum atomic E-state index is -0.176. The Morgan fingerprint density at radius 2 is 1.88 bits per heavy atom. The number of halogens is 1. The first-order chi connectivity index (χ1) is 20.3. The van der Waals surface area contributed by atoms with Crippen LogP contribution in [0.3, 0.4) is 0 Å². The molecule has 2 aliphatic rings. The van der Waals surface area contributed by atoms with Gasteiger partial charge in [-0.15, -0.1) is 5.10 Å².